The van der Waals surface area contributed by atoms with Gasteiger partial charge in [-0.1, -0.05) is 0 Å². The van der Waals surface area contributed by atoms with Gasteiger partial charge in [-0.25, -0.2) is 14.8 Å². The van der Waals surface area contributed by atoms with E-state index in [1.807, 2.05) is 4.90 Å². The van der Waals surface area contributed by atoms with Gasteiger partial charge >= 0.3 is 5.97 Å². The normalized spacial score (nSPS) is 19.9. The average Bonchev–Trinajstić information content (AvgIpc) is 2.75. The molecule has 0 aliphatic carbocycles. The zero-order valence-corrected chi connectivity index (χ0v) is 9.09. The number of ether oxygens (including phenoxy) is 1. The van der Waals surface area contributed by atoms with Gasteiger partial charge in [0.1, 0.15) is 0 Å². The topological polar surface area (TPSA) is 81.3 Å². The van der Waals surface area contributed by atoms with Crippen molar-refractivity contribution in [3.8, 4) is 0 Å². The number of hydrogen-bond donors (Lipinski definition) is 1. The zero-order valence-electron chi connectivity index (χ0n) is 9.09. The molecule has 0 aromatic carbocycles. The Labute approximate surface area is 93.4 Å². The van der Waals surface area contributed by atoms with Gasteiger partial charge < -0.3 is 15.4 Å². The molecule has 0 spiro atoms. The molecular weight excluding hydrogens is 208 g/mol. The van der Waals surface area contributed by atoms with E-state index in [1.165, 1.54) is 19.5 Å². The summed E-state index contributed by atoms with van der Waals surface area (Å²) in [6, 6.07) is 0.184. The molecular formula is C10H14N4O2. The summed E-state index contributed by atoms with van der Waals surface area (Å²) in [5, 5.41) is 0. The molecule has 6 heteroatoms. The third kappa shape index (κ3) is 2.11. The molecule has 1 atom stereocenters. The predicted molar refractivity (Wildman–Crippen MR) is 58.2 cm³/mol. The number of aromatic nitrogens is 2. The predicted octanol–water partition coefficient (Wildman–Crippen LogP) is -0.199. The number of carbonyl (C=O) groups excluding carboxylic acids is 1. The summed E-state index contributed by atoms with van der Waals surface area (Å²) in [6.45, 7) is 1.62. The van der Waals surface area contributed by atoms with E-state index >= 15 is 0 Å². The number of nitrogens with two attached hydrogens (primary N) is 1. The van der Waals surface area contributed by atoms with E-state index in [1.54, 1.807) is 0 Å². The van der Waals surface area contributed by atoms with Crippen LogP contribution < -0.4 is 10.6 Å². The Morgan fingerprint density at radius 2 is 2.25 bits per heavy atom. The summed E-state index contributed by atoms with van der Waals surface area (Å²) in [6.07, 6.45) is 3.89. The van der Waals surface area contributed by atoms with Crippen LogP contribution in [0.4, 0.5) is 5.95 Å². The first-order valence-electron chi connectivity index (χ1n) is 5.11. The van der Waals surface area contributed by atoms with Crippen molar-refractivity contribution < 1.29 is 9.53 Å². The van der Waals surface area contributed by atoms with Gasteiger partial charge in [-0.15, -0.1) is 0 Å². The second-order valence-corrected chi connectivity index (χ2v) is 3.76. The fourth-order valence-electron chi connectivity index (χ4n) is 1.68. The molecule has 2 N–H and O–H groups in total. The molecule has 1 saturated heterocycles. The van der Waals surface area contributed by atoms with Gasteiger partial charge in [-0.05, 0) is 6.42 Å². The molecule has 2 heterocycles. The Morgan fingerprint density at radius 3 is 2.75 bits per heavy atom. The minimum Gasteiger partial charge on any atom is -0.465 e. The Balaban J connectivity index is 2.10. The van der Waals surface area contributed by atoms with Gasteiger partial charge in [-0.3, -0.25) is 0 Å². The SMILES string of the molecule is COC(=O)c1cnc(N2CCC(N)C2)nc1. The van der Waals surface area contributed by atoms with E-state index in [9.17, 15) is 4.79 Å². The largest absolute Gasteiger partial charge is 0.465 e. The summed E-state index contributed by atoms with van der Waals surface area (Å²) >= 11 is 0. The Hall–Kier alpha value is -1.69. The van der Waals surface area contributed by atoms with Crippen LogP contribution in [0, 0.1) is 0 Å². The minimum atomic E-state index is -0.426. The van der Waals surface area contributed by atoms with Gasteiger partial charge in [-0.2, -0.15) is 0 Å². The van der Waals surface area contributed by atoms with E-state index < -0.39 is 5.97 Å². The number of esters is 1. The van der Waals surface area contributed by atoms with Crippen LogP contribution in [0.15, 0.2) is 12.4 Å². The van der Waals surface area contributed by atoms with Crippen LogP contribution in [-0.4, -0.2) is 42.2 Å². The number of hydrogen-bond acceptors (Lipinski definition) is 6. The Bertz CT molecular complexity index is 379. The van der Waals surface area contributed by atoms with Crippen molar-refractivity contribution >= 4 is 11.9 Å². The fourth-order valence-corrected chi connectivity index (χ4v) is 1.68. The van der Waals surface area contributed by atoms with Crippen LogP contribution >= 0.6 is 0 Å². The quantitative estimate of drug-likeness (QED) is 0.698. The van der Waals surface area contributed by atoms with E-state index in [2.05, 4.69) is 14.7 Å². The van der Waals surface area contributed by atoms with E-state index in [4.69, 9.17) is 5.73 Å². The van der Waals surface area contributed by atoms with Crippen molar-refractivity contribution in [1.29, 1.82) is 0 Å². The number of carbonyl (C=O) groups is 1. The molecule has 1 aromatic heterocycles. The molecule has 1 aromatic rings. The van der Waals surface area contributed by atoms with Crippen LogP contribution in [-0.2, 0) is 4.74 Å². The van der Waals surface area contributed by atoms with Crippen molar-refractivity contribution in [2.75, 3.05) is 25.1 Å². The molecule has 1 fully saturated rings. The molecule has 16 heavy (non-hydrogen) atoms. The monoisotopic (exact) mass is 222 g/mol. The molecule has 1 unspecified atom stereocenters. The zero-order chi connectivity index (χ0) is 11.5. The number of anilines is 1. The molecule has 86 valence electrons. The summed E-state index contributed by atoms with van der Waals surface area (Å²) in [5.41, 5.74) is 6.15. The maximum absolute atomic E-state index is 11.2. The summed E-state index contributed by atoms with van der Waals surface area (Å²) < 4.78 is 4.57. The lowest BCUT2D eigenvalue weighted by Crippen LogP contribution is -2.27. The van der Waals surface area contributed by atoms with Crippen LogP contribution in [0.2, 0.25) is 0 Å². The van der Waals surface area contributed by atoms with Crippen molar-refractivity contribution in [3.05, 3.63) is 18.0 Å². The van der Waals surface area contributed by atoms with Crippen LogP contribution in [0.5, 0.6) is 0 Å². The molecule has 0 radical (unpaired) electrons. The highest BCUT2D eigenvalue weighted by atomic mass is 16.5. The second kappa shape index (κ2) is 4.44. The maximum Gasteiger partial charge on any atom is 0.341 e. The van der Waals surface area contributed by atoms with Gasteiger partial charge in [0.05, 0.1) is 12.7 Å². The lowest BCUT2D eigenvalue weighted by Gasteiger charge is -2.14. The highest BCUT2D eigenvalue weighted by Crippen LogP contribution is 2.14. The smallest absolute Gasteiger partial charge is 0.341 e. The van der Waals surface area contributed by atoms with Crippen molar-refractivity contribution in [2.45, 2.75) is 12.5 Å². The molecule has 1 aliphatic rings. The summed E-state index contributed by atoms with van der Waals surface area (Å²) in [4.78, 5) is 21.4. The van der Waals surface area contributed by atoms with Gasteiger partial charge in [0.25, 0.3) is 0 Å². The van der Waals surface area contributed by atoms with Crippen LogP contribution in [0.3, 0.4) is 0 Å². The summed E-state index contributed by atoms with van der Waals surface area (Å²) in [7, 11) is 1.33. The molecule has 0 bridgehead atoms. The summed E-state index contributed by atoms with van der Waals surface area (Å²) in [5.74, 6) is 0.185. The first-order chi connectivity index (χ1) is 7.70. The standard InChI is InChI=1S/C10H14N4O2/c1-16-9(15)7-4-12-10(13-5-7)14-3-2-8(11)6-14/h4-5,8H,2-3,6,11H2,1H3. The van der Waals surface area contributed by atoms with Gasteiger partial charge in [0, 0.05) is 31.5 Å². The lowest BCUT2D eigenvalue weighted by molar-refractivity contribution is 0.0600. The van der Waals surface area contributed by atoms with Crippen molar-refractivity contribution in [3.63, 3.8) is 0 Å². The third-order valence-corrected chi connectivity index (χ3v) is 2.57. The Kier molecular flexibility index (Phi) is 3.00. The lowest BCUT2D eigenvalue weighted by atomic mass is 10.3. The molecule has 1 aliphatic heterocycles. The van der Waals surface area contributed by atoms with Crippen molar-refractivity contribution in [1.82, 2.24) is 9.97 Å². The van der Waals surface area contributed by atoms with Crippen LogP contribution in [0.1, 0.15) is 16.8 Å². The van der Waals surface area contributed by atoms with Gasteiger partial charge in [0.15, 0.2) is 0 Å². The Morgan fingerprint density at radius 1 is 1.56 bits per heavy atom. The first-order valence-corrected chi connectivity index (χ1v) is 5.11. The number of rotatable bonds is 2. The molecule has 6 nitrogen and oxygen atoms in total. The molecule has 0 saturated carbocycles. The number of methoxy groups -OCH3 is 1. The fraction of sp³-hybridized carbons (Fsp3) is 0.500. The average molecular weight is 222 g/mol. The van der Waals surface area contributed by atoms with E-state index in [0.717, 1.165) is 19.5 Å². The third-order valence-electron chi connectivity index (χ3n) is 2.57. The highest BCUT2D eigenvalue weighted by molar-refractivity contribution is 5.88. The maximum atomic E-state index is 11.2. The molecule has 0 amide bonds. The molecule has 2 rings (SSSR count). The second-order valence-electron chi connectivity index (χ2n) is 3.76. The van der Waals surface area contributed by atoms with E-state index in [0.29, 0.717) is 11.5 Å². The highest BCUT2D eigenvalue weighted by Gasteiger charge is 2.21. The number of nitrogens with zero attached hydrogens (tertiary/aromatic N) is 3. The van der Waals surface area contributed by atoms with Gasteiger partial charge in [0.2, 0.25) is 5.95 Å². The minimum absolute atomic E-state index is 0.184. The van der Waals surface area contributed by atoms with E-state index in [-0.39, 0.29) is 6.04 Å². The van der Waals surface area contributed by atoms with Crippen LogP contribution in [0.25, 0.3) is 0 Å². The first kappa shape index (κ1) is 10.8. The van der Waals surface area contributed by atoms with Crippen molar-refractivity contribution in [2.24, 2.45) is 5.73 Å².